The van der Waals surface area contributed by atoms with Crippen molar-refractivity contribution in [2.75, 3.05) is 17.5 Å². The first-order valence-corrected chi connectivity index (χ1v) is 12.4. The van der Waals surface area contributed by atoms with Gasteiger partial charge in [-0.3, -0.25) is 9.10 Å². The summed E-state index contributed by atoms with van der Waals surface area (Å²) in [6.45, 7) is 4.99. The maximum atomic E-state index is 13.4. The van der Waals surface area contributed by atoms with Crippen LogP contribution in [-0.2, 0) is 19.6 Å². The highest BCUT2D eigenvalue weighted by Gasteiger charge is 2.26. The number of para-hydroxylation sites is 1. The Morgan fingerprint density at radius 1 is 0.971 bits per heavy atom. The Balaban J connectivity index is 1.72. The van der Waals surface area contributed by atoms with Crippen LogP contribution in [-0.4, -0.2) is 33.4 Å². The van der Waals surface area contributed by atoms with E-state index in [1.165, 1.54) is 16.4 Å². The number of benzene rings is 3. The molecule has 0 fully saturated rings. The quantitative estimate of drug-likeness (QED) is 0.463. The lowest BCUT2D eigenvalue weighted by Crippen LogP contribution is -2.32. The van der Waals surface area contributed by atoms with E-state index in [2.05, 4.69) is 5.32 Å². The van der Waals surface area contributed by atoms with Crippen LogP contribution in [0, 0.1) is 6.92 Å². The number of amides is 1. The minimum Gasteiger partial charge on any atom is -0.452 e. The van der Waals surface area contributed by atoms with E-state index in [9.17, 15) is 18.0 Å². The van der Waals surface area contributed by atoms with E-state index in [0.29, 0.717) is 11.3 Å². The van der Waals surface area contributed by atoms with Crippen LogP contribution in [0.2, 0.25) is 0 Å². The lowest BCUT2D eigenvalue weighted by Gasteiger charge is -2.24. The van der Waals surface area contributed by atoms with Crippen molar-refractivity contribution in [3.63, 3.8) is 0 Å². The molecule has 3 aromatic rings. The fraction of sp³-hybridized carbons (Fsp3) is 0.231. The number of nitrogens with one attached hydrogen (secondary N) is 1. The third kappa shape index (κ3) is 5.82. The molecule has 3 aromatic carbocycles. The van der Waals surface area contributed by atoms with Gasteiger partial charge in [-0.1, -0.05) is 54.6 Å². The SMILES string of the molecule is CCN(c1ccccc1)S(=O)(=O)c1cc(C(=O)OCC(=O)NC(C)c2ccccc2)ccc1C. The van der Waals surface area contributed by atoms with Gasteiger partial charge < -0.3 is 10.1 Å². The summed E-state index contributed by atoms with van der Waals surface area (Å²) in [5, 5.41) is 2.77. The number of rotatable bonds is 9. The van der Waals surface area contributed by atoms with Crippen molar-refractivity contribution in [2.24, 2.45) is 0 Å². The van der Waals surface area contributed by atoms with Crippen LogP contribution in [0.3, 0.4) is 0 Å². The molecule has 0 radical (unpaired) electrons. The first-order valence-electron chi connectivity index (χ1n) is 10.9. The van der Waals surface area contributed by atoms with Crippen molar-refractivity contribution in [1.82, 2.24) is 5.32 Å². The Morgan fingerprint density at radius 2 is 1.59 bits per heavy atom. The van der Waals surface area contributed by atoms with E-state index in [1.807, 2.05) is 43.3 Å². The molecule has 0 aromatic heterocycles. The normalized spacial score (nSPS) is 12.0. The molecular weight excluding hydrogens is 452 g/mol. The number of sulfonamides is 1. The molecule has 3 rings (SSSR count). The maximum absolute atomic E-state index is 13.4. The zero-order valence-electron chi connectivity index (χ0n) is 19.4. The standard InChI is InChI=1S/C26H28N2O5S/c1-4-28(23-13-9-6-10-14-23)34(31,32)24-17-22(16-15-19(24)2)26(30)33-18-25(29)27-20(3)21-11-7-5-8-12-21/h5-17,20H,4,18H2,1-3H3,(H,27,29). The van der Waals surface area contributed by atoms with E-state index in [0.717, 1.165) is 5.56 Å². The summed E-state index contributed by atoms with van der Waals surface area (Å²) in [6, 6.07) is 22.3. The van der Waals surface area contributed by atoms with Gasteiger partial charge in [0.1, 0.15) is 0 Å². The fourth-order valence-electron chi connectivity index (χ4n) is 3.53. The predicted octanol–water partition coefficient (Wildman–Crippen LogP) is 4.24. The lowest BCUT2D eigenvalue weighted by atomic mass is 10.1. The Hall–Kier alpha value is -3.65. The second-order valence-corrected chi connectivity index (χ2v) is 9.59. The van der Waals surface area contributed by atoms with Crippen molar-refractivity contribution in [3.8, 4) is 0 Å². The van der Waals surface area contributed by atoms with E-state index in [-0.39, 0.29) is 23.0 Å². The molecule has 8 heteroatoms. The summed E-state index contributed by atoms with van der Waals surface area (Å²) in [5.41, 5.74) is 2.01. The molecule has 0 heterocycles. The molecule has 0 aliphatic rings. The molecule has 1 atom stereocenters. The minimum absolute atomic E-state index is 0.00908. The number of carbonyl (C=O) groups excluding carboxylic acids is 2. The lowest BCUT2D eigenvalue weighted by molar-refractivity contribution is -0.124. The molecule has 0 bridgehead atoms. The summed E-state index contributed by atoms with van der Waals surface area (Å²) < 4.78 is 33.2. The van der Waals surface area contributed by atoms with Gasteiger partial charge in [-0.15, -0.1) is 0 Å². The van der Waals surface area contributed by atoms with Gasteiger partial charge in [0.05, 0.1) is 22.2 Å². The predicted molar refractivity (Wildman–Crippen MR) is 131 cm³/mol. The average molecular weight is 481 g/mol. The molecule has 0 saturated heterocycles. The zero-order valence-corrected chi connectivity index (χ0v) is 20.2. The smallest absolute Gasteiger partial charge is 0.338 e. The molecule has 0 aliphatic carbocycles. The number of carbonyl (C=O) groups is 2. The molecule has 7 nitrogen and oxygen atoms in total. The minimum atomic E-state index is -3.92. The highest BCUT2D eigenvalue weighted by molar-refractivity contribution is 7.92. The summed E-state index contributed by atoms with van der Waals surface area (Å²) >= 11 is 0. The number of hydrogen-bond donors (Lipinski definition) is 1. The number of hydrogen-bond acceptors (Lipinski definition) is 5. The molecule has 1 amide bonds. The molecular formula is C26H28N2O5S. The Bertz CT molecular complexity index is 1240. The van der Waals surface area contributed by atoms with Crippen molar-refractivity contribution in [2.45, 2.75) is 31.7 Å². The van der Waals surface area contributed by atoms with Gasteiger partial charge in [-0.2, -0.15) is 0 Å². The highest BCUT2D eigenvalue weighted by Crippen LogP contribution is 2.26. The number of ether oxygens (including phenoxy) is 1. The number of aryl methyl sites for hydroxylation is 1. The Kier molecular flexibility index (Phi) is 8.07. The fourth-order valence-corrected chi connectivity index (χ4v) is 5.26. The van der Waals surface area contributed by atoms with Gasteiger partial charge >= 0.3 is 5.97 Å². The van der Waals surface area contributed by atoms with E-state index in [4.69, 9.17) is 4.74 Å². The molecule has 0 spiro atoms. The van der Waals surface area contributed by atoms with Gasteiger partial charge in [0.25, 0.3) is 15.9 Å². The Morgan fingerprint density at radius 3 is 2.21 bits per heavy atom. The van der Waals surface area contributed by atoms with Crippen LogP contribution in [0.25, 0.3) is 0 Å². The van der Waals surface area contributed by atoms with Crippen molar-refractivity contribution in [1.29, 1.82) is 0 Å². The number of esters is 1. The van der Waals surface area contributed by atoms with Crippen molar-refractivity contribution >= 4 is 27.6 Å². The van der Waals surface area contributed by atoms with Gasteiger partial charge in [0, 0.05) is 6.54 Å². The molecule has 0 saturated carbocycles. The van der Waals surface area contributed by atoms with Crippen LogP contribution in [0.1, 0.15) is 41.4 Å². The van der Waals surface area contributed by atoms with Crippen LogP contribution < -0.4 is 9.62 Å². The summed E-state index contributed by atoms with van der Waals surface area (Å²) in [7, 11) is -3.92. The number of nitrogens with zero attached hydrogens (tertiary/aromatic N) is 1. The van der Waals surface area contributed by atoms with Gasteiger partial charge in [-0.05, 0) is 56.2 Å². The number of anilines is 1. The molecule has 1 unspecified atom stereocenters. The summed E-state index contributed by atoms with van der Waals surface area (Å²) in [4.78, 5) is 24.8. The zero-order chi connectivity index (χ0) is 24.7. The Labute approximate surface area is 200 Å². The second kappa shape index (κ2) is 11.0. The van der Waals surface area contributed by atoms with Crippen LogP contribution in [0.4, 0.5) is 5.69 Å². The van der Waals surface area contributed by atoms with E-state index in [1.54, 1.807) is 44.2 Å². The third-order valence-corrected chi connectivity index (χ3v) is 7.38. The van der Waals surface area contributed by atoms with E-state index >= 15 is 0 Å². The second-order valence-electron chi connectivity index (χ2n) is 7.76. The first-order chi connectivity index (χ1) is 16.2. The average Bonchev–Trinajstić information content (AvgIpc) is 2.84. The summed E-state index contributed by atoms with van der Waals surface area (Å²) in [5.74, 6) is -1.23. The van der Waals surface area contributed by atoms with Gasteiger partial charge in [-0.25, -0.2) is 13.2 Å². The highest BCUT2D eigenvalue weighted by atomic mass is 32.2. The van der Waals surface area contributed by atoms with Crippen LogP contribution in [0.5, 0.6) is 0 Å². The molecule has 178 valence electrons. The monoisotopic (exact) mass is 480 g/mol. The van der Waals surface area contributed by atoms with Crippen LogP contribution in [0.15, 0.2) is 83.8 Å². The third-order valence-electron chi connectivity index (χ3n) is 5.33. The first kappa shape index (κ1) is 25.0. The molecule has 1 N–H and O–H groups in total. The van der Waals surface area contributed by atoms with Crippen molar-refractivity contribution < 1.29 is 22.7 Å². The topological polar surface area (TPSA) is 92.8 Å². The molecule has 34 heavy (non-hydrogen) atoms. The van der Waals surface area contributed by atoms with Gasteiger partial charge in [0.2, 0.25) is 0 Å². The van der Waals surface area contributed by atoms with E-state index < -0.39 is 28.5 Å². The molecule has 0 aliphatic heterocycles. The van der Waals surface area contributed by atoms with Gasteiger partial charge in [0.15, 0.2) is 6.61 Å². The summed E-state index contributed by atoms with van der Waals surface area (Å²) in [6.07, 6.45) is 0. The largest absolute Gasteiger partial charge is 0.452 e. The van der Waals surface area contributed by atoms with Crippen LogP contribution >= 0.6 is 0 Å². The van der Waals surface area contributed by atoms with Crippen molar-refractivity contribution in [3.05, 3.63) is 95.6 Å². The maximum Gasteiger partial charge on any atom is 0.338 e.